The third-order valence-electron chi connectivity index (χ3n) is 2.94. The number of aryl methyl sites for hydroxylation is 1. The van der Waals surface area contributed by atoms with Crippen LogP contribution in [0, 0.1) is 6.92 Å². The van der Waals surface area contributed by atoms with E-state index >= 15 is 0 Å². The Morgan fingerprint density at radius 1 is 1.11 bits per heavy atom. The van der Waals surface area contributed by atoms with Crippen LogP contribution in [0.5, 0.6) is 5.75 Å². The molecule has 1 aromatic heterocycles. The van der Waals surface area contributed by atoms with Crippen LogP contribution in [0.4, 0.5) is 5.69 Å². The molecule has 0 spiro atoms. The second-order valence-electron chi connectivity index (χ2n) is 4.36. The second kappa shape index (κ2) is 5.54. The standard InChI is InChI=1S/C15H18N2O/c1-3-17(14-7-4-12(2)5-8-14)11-13-6-9-15(18)10-16-13/h4-10,18H,3,11H2,1-2H3. The zero-order chi connectivity index (χ0) is 13.0. The maximum absolute atomic E-state index is 9.22. The normalized spacial score (nSPS) is 10.3. The largest absolute Gasteiger partial charge is 0.506 e. The summed E-state index contributed by atoms with van der Waals surface area (Å²) in [4.78, 5) is 6.47. The smallest absolute Gasteiger partial charge is 0.133 e. The number of aromatic nitrogens is 1. The van der Waals surface area contributed by atoms with E-state index in [4.69, 9.17) is 0 Å². The van der Waals surface area contributed by atoms with Gasteiger partial charge in [0.25, 0.3) is 0 Å². The van der Waals surface area contributed by atoms with Crippen molar-refractivity contribution in [2.45, 2.75) is 20.4 Å². The van der Waals surface area contributed by atoms with Gasteiger partial charge in [0.05, 0.1) is 18.4 Å². The molecule has 3 nitrogen and oxygen atoms in total. The van der Waals surface area contributed by atoms with E-state index in [0.717, 1.165) is 18.8 Å². The van der Waals surface area contributed by atoms with Crippen molar-refractivity contribution in [2.75, 3.05) is 11.4 Å². The lowest BCUT2D eigenvalue weighted by Gasteiger charge is -2.22. The highest BCUT2D eigenvalue weighted by molar-refractivity contribution is 5.47. The van der Waals surface area contributed by atoms with E-state index in [1.807, 2.05) is 6.07 Å². The first-order chi connectivity index (χ1) is 8.69. The minimum absolute atomic E-state index is 0.206. The number of hydrogen-bond acceptors (Lipinski definition) is 3. The van der Waals surface area contributed by atoms with E-state index in [1.165, 1.54) is 17.4 Å². The molecule has 0 saturated heterocycles. The van der Waals surface area contributed by atoms with Gasteiger partial charge in [0, 0.05) is 12.2 Å². The zero-order valence-corrected chi connectivity index (χ0v) is 10.8. The van der Waals surface area contributed by atoms with Crippen LogP contribution < -0.4 is 4.90 Å². The average molecular weight is 242 g/mol. The van der Waals surface area contributed by atoms with Gasteiger partial charge in [0.1, 0.15) is 5.75 Å². The molecule has 0 bridgehead atoms. The maximum atomic E-state index is 9.22. The molecule has 0 aliphatic carbocycles. The van der Waals surface area contributed by atoms with Gasteiger partial charge in [-0.05, 0) is 38.1 Å². The van der Waals surface area contributed by atoms with Crippen LogP contribution in [0.15, 0.2) is 42.6 Å². The van der Waals surface area contributed by atoms with Gasteiger partial charge in [-0.3, -0.25) is 4.98 Å². The first-order valence-corrected chi connectivity index (χ1v) is 6.14. The Balaban J connectivity index is 2.14. The van der Waals surface area contributed by atoms with E-state index in [-0.39, 0.29) is 5.75 Å². The van der Waals surface area contributed by atoms with Crippen molar-refractivity contribution >= 4 is 5.69 Å². The summed E-state index contributed by atoms with van der Waals surface area (Å²) >= 11 is 0. The highest BCUT2D eigenvalue weighted by Gasteiger charge is 2.05. The van der Waals surface area contributed by atoms with Gasteiger partial charge in [0.2, 0.25) is 0 Å². The van der Waals surface area contributed by atoms with Crippen LogP contribution >= 0.6 is 0 Å². The molecule has 0 amide bonds. The molecule has 0 radical (unpaired) electrons. The third-order valence-corrected chi connectivity index (χ3v) is 2.94. The van der Waals surface area contributed by atoms with E-state index < -0.39 is 0 Å². The fraction of sp³-hybridized carbons (Fsp3) is 0.267. The molecule has 1 heterocycles. The van der Waals surface area contributed by atoms with Crippen molar-refractivity contribution in [1.29, 1.82) is 0 Å². The quantitative estimate of drug-likeness (QED) is 0.895. The van der Waals surface area contributed by atoms with Crippen LogP contribution in [0.3, 0.4) is 0 Å². The first kappa shape index (κ1) is 12.4. The minimum atomic E-state index is 0.206. The summed E-state index contributed by atoms with van der Waals surface area (Å²) in [6.45, 7) is 5.88. The molecule has 0 aliphatic heterocycles. The van der Waals surface area contributed by atoms with E-state index in [2.05, 4.69) is 48.0 Å². The molecule has 0 unspecified atom stereocenters. The molecular formula is C15H18N2O. The predicted molar refractivity (Wildman–Crippen MR) is 73.8 cm³/mol. The Kier molecular flexibility index (Phi) is 3.82. The average Bonchev–Trinajstić information content (AvgIpc) is 2.39. The molecule has 2 aromatic rings. The van der Waals surface area contributed by atoms with Crippen molar-refractivity contribution < 1.29 is 5.11 Å². The van der Waals surface area contributed by atoms with Crippen LogP contribution in [0.1, 0.15) is 18.2 Å². The summed E-state index contributed by atoms with van der Waals surface area (Å²) in [7, 11) is 0. The minimum Gasteiger partial charge on any atom is -0.506 e. The lowest BCUT2D eigenvalue weighted by atomic mass is 10.2. The molecule has 2 rings (SSSR count). The van der Waals surface area contributed by atoms with Crippen molar-refractivity contribution in [1.82, 2.24) is 4.98 Å². The van der Waals surface area contributed by atoms with Crippen LogP contribution in [0.25, 0.3) is 0 Å². The van der Waals surface area contributed by atoms with Gasteiger partial charge in [-0.1, -0.05) is 17.7 Å². The van der Waals surface area contributed by atoms with Gasteiger partial charge in [0.15, 0.2) is 0 Å². The Morgan fingerprint density at radius 2 is 1.83 bits per heavy atom. The molecule has 0 aliphatic rings. The Hall–Kier alpha value is -2.03. The maximum Gasteiger partial charge on any atom is 0.133 e. The summed E-state index contributed by atoms with van der Waals surface area (Å²) in [5.41, 5.74) is 3.41. The molecule has 0 saturated carbocycles. The van der Waals surface area contributed by atoms with Crippen molar-refractivity contribution in [3.63, 3.8) is 0 Å². The van der Waals surface area contributed by atoms with Gasteiger partial charge in [-0.2, -0.15) is 0 Å². The summed E-state index contributed by atoms with van der Waals surface area (Å²) in [6, 6.07) is 12.0. The van der Waals surface area contributed by atoms with Gasteiger partial charge >= 0.3 is 0 Å². The Bertz CT molecular complexity index is 491. The number of aromatic hydroxyl groups is 1. The monoisotopic (exact) mass is 242 g/mol. The first-order valence-electron chi connectivity index (χ1n) is 6.14. The predicted octanol–water partition coefficient (Wildman–Crippen LogP) is 3.12. The molecule has 1 aromatic carbocycles. The SMILES string of the molecule is CCN(Cc1ccc(O)cn1)c1ccc(C)cc1. The summed E-state index contributed by atoms with van der Waals surface area (Å²) in [5, 5.41) is 9.22. The zero-order valence-electron chi connectivity index (χ0n) is 10.8. The summed E-state index contributed by atoms with van der Waals surface area (Å²) in [6.07, 6.45) is 1.48. The fourth-order valence-corrected chi connectivity index (χ4v) is 1.85. The summed E-state index contributed by atoms with van der Waals surface area (Å²) < 4.78 is 0. The molecule has 3 heteroatoms. The molecule has 94 valence electrons. The molecule has 1 N–H and O–H groups in total. The topological polar surface area (TPSA) is 36.4 Å². The van der Waals surface area contributed by atoms with Crippen LogP contribution in [0.2, 0.25) is 0 Å². The molecule has 18 heavy (non-hydrogen) atoms. The number of rotatable bonds is 4. The van der Waals surface area contributed by atoms with Gasteiger partial charge in [-0.25, -0.2) is 0 Å². The van der Waals surface area contributed by atoms with Crippen molar-refractivity contribution in [2.24, 2.45) is 0 Å². The van der Waals surface area contributed by atoms with Gasteiger partial charge in [-0.15, -0.1) is 0 Å². The van der Waals surface area contributed by atoms with Crippen LogP contribution in [-0.2, 0) is 6.54 Å². The molecule has 0 atom stereocenters. The van der Waals surface area contributed by atoms with Crippen molar-refractivity contribution in [3.8, 4) is 5.75 Å². The Labute approximate surface area is 108 Å². The molecular weight excluding hydrogens is 224 g/mol. The van der Waals surface area contributed by atoms with Gasteiger partial charge < -0.3 is 10.0 Å². The number of hydrogen-bond donors (Lipinski definition) is 1. The van der Waals surface area contributed by atoms with E-state index in [1.54, 1.807) is 6.07 Å². The second-order valence-corrected chi connectivity index (χ2v) is 4.36. The fourth-order valence-electron chi connectivity index (χ4n) is 1.85. The number of anilines is 1. The lowest BCUT2D eigenvalue weighted by molar-refractivity contribution is 0.472. The Morgan fingerprint density at radius 3 is 2.39 bits per heavy atom. The summed E-state index contributed by atoms with van der Waals surface area (Å²) in [5.74, 6) is 0.206. The number of benzene rings is 1. The molecule has 0 fully saturated rings. The lowest BCUT2D eigenvalue weighted by Crippen LogP contribution is -2.22. The van der Waals surface area contributed by atoms with E-state index in [0.29, 0.717) is 0 Å². The number of nitrogens with zero attached hydrogens (tertiary/aromatic N) is 2. The van der Waals surface area contributed by atoms with E-state index in [9.17, 15) is 5.11 Å². The van der Waals surface area contributed by atoms with Crippen LogP contribution in [-0.4, -0.2) is 16.6 Å². The highest BCUT2D eigenvalue weighted by Crippen LogP contribution is 2.17. The van der Waals surface area contributed by atoms with Crippen molar-refractivity contribution in [3.05, 3.63) is 53.9 Å². The number of pyridine rings is 1. The highest BCUT2D eigenvalue weighted by atomic mass is 16.3. The third kappa shape index (κ3) is 3.00.